The molecule has 16 heavy (non-hydrogen) atoms. The molecule has 0 saturated heterocycles. The quantitative estimate of drug-likeness (QED) is 0.762. The van der Waals surface area contributed by atoms with Crippen molar-refractivity contribution in [2.45, 2.75) is 33.6 Å². The molecule has 5 nitrogen and oxygen atoms in total. The van der Waals surface area contributed by atoms with Crippen LogP contribution in [0.1, 0.15) is 33.6 Å². The Kier molecular flexibility index (Phi) is 3.16. The normalized spacial score (nSPS) is 24.6. The lowest BCUT2D eigenvalue weighted by molar-refractivity contribution is -0.133. The van der Waals surface area contributed by atoms with Gasteiger partial charge in [0.25, 0.3) is 0 Å². The van der Waals surface area contributed by atoms with Crippen LogP contribution in [0.15, 0.2) is 16.3 Å². The number of rotatable bonds is 4. The Labute approximate surface area is 93.5 Å². The molecule has 2 N–H and O–H groups in total. The summed E-state index contributed by atoms with van der Waals surface area (Å²) in [5, 5.41) is 18.2. The zero-order chi connectivity index (χ0) is 12.5. The molecule has 0 amide bonds. The van der Waals surface area contributed by atoms with Gasteiger partial charge in [0.15, 0.2) is 0 Å². The first kappa shape index (κ1) is 12.4. The van der Waals surface area contributed by atoms with Crippen molar-refractivity contribution >= 4 is 17.7 Å². The summed E-state index contributed by atoms with van der Waals surface area (Å²) in [5.41, 5.74) is -0.559. The second-order valence-corrected chi connectivity index (χ2v) is 3.93. The minimum Gasteiger partial charge on any atom is -0.478 e. The molecular formula is C11H15NO4. The van der Waals surface area contributed by atoms with Crippen LogP contribution < -0.4 is 0 Å². The van der Waals surface area contributed by atoms with Gasteiger partial charge in [0, 0.05) is 0 Å². The predicted octanol–water partition coefficient (Wildman–Crippen LogP) is 1.69. The highest BCUT2D eigenvalue weighted by molar-refractivity contribution is 6.40. The van der Waals surface area contributed by atoms with E-state index in [0.29, 0.717) is 18.5 Å². The minimum absolute atomic E-state index is 0.0655. The number of hydrogen-bond donors (Lipinski definition) is 2. The molecule has 1 heterocycles. The summed E-state index contributed by atoms with van der Waals surface area (Å²) < 4.78 is 0. The first-order chi connectivity index (χ1) is 7.38. The average Bonchev–Trinajstić information content (AvgIpc) is 2.52. The van der Waals surface area contributed by atoms with Crippen LogP contribution in [0.3, 0.4) is 0 Å². The SMILES string of the molecule is CCC1=C(C(=O)O)C(C)(CC)C(C(=O)O)=N1. The van der Waals surface area contributed by atoms with Gasteiger partial charge in [0.2, 0.25) is 0 Å². The number of aliphatic imine (C=N–C) groups is 1. The minimum atomic E-state index is -1.15. The molecule has 0 bridgehead atoms. The highest BCUT2D eigenvalue weighted by Crippen LogP contribution is 2.41. The van der Waals surface area contributed by atoms with E-state index in [1.165, 1.54) is 0 Å². The van der Waals surface area contributed by atoms with Gasteiger partial charge in [-0.1, -0.05) is 13.8 Å². The van der Waals surface area contributed by atoms with E-state index in [1.54, 1.807) is 20.8 Å². The van der Waals surface area contributed by atoms with Crippen molar-refractivity contribution in [3.8, 4) is 0 Å². The first-order valence-corrected chi connectivity index (χ1v) is 5.17. The molecule has 0 aromatic rings. The summed E-state index contributed by atoms with van der Waals surface area (Å²) in [5.74, 6) is -2.23. The Balaban J connectivity index is 3.38. The molecule has 0 aromatic carbocycles. The molecule has 0 saturated carbocycles. The van der Waals surface area contributed by atoms with Gasteiger partial charge >= 0.3 is 11.9 Å². The van der Waals surface area contributed by atoms with Gasteiger partial charge in [0.05, 0.1) is 16.7 Å². The summed E-state index contributed by atoms with van der Waals surface area (Å²) >= 11 is 0. The zero-order valence-corrected chi connectivity index (χ0v) is 9.57. The van der Waals surface area contributed by atoms with Gasteiger partial charge in [-0.25, -0.2) is 14.6 Å². The highest BCUT2D eigenvalue weighted by Gasteiger charge is 2.46. The van der Waals surface area contributed by atoms with Crippen molar-refractivity contribution < 1.29 is 19.8 Å². The lowest BCUT2D eigenvalue weighted by atomic mass is 9.76. The van der Waals surface area contributed by atoms with Crippen LogP contribution in [0.25, 0.3) is 0 Å². The van der Waals surface area contributed by atoms with Gasteiger partial charge in [0.1, 0.15) is 5.71 Å². The molecule has 0 radical (unpaired) electrons. The van der Waals surface area contributed by atoms with E-state index in [2.05, 4.69) is 4.99 Å². The first-order valence-electron chi connectivity index (χ1n) is 5.17. The molecular weight excluding hydrogens is 210 g/mol. The van der Waals surface area contributed by atoms with E-state index in [1.807, 2.05) is 0 Å². The summed E-state index contributed by atoms with van der Waals surface area (Å²) in [7, 11) is 0. The molecule has 1 aliphatic rings. The number of nitrogens with zero attached hydrogens (tertiary/aromatic N) is 1. The summed E-state index contributed by atoms with van der Waals surface area (Å²) in [6, 6.07) is 0. The van der Waals surface area contributed by atoms with Crippen molar-refractivity contribution in [3.05, 3.63) is 11.3 Å². The van der Waals surface area contributed by atoms with Gasteiger partial charge in [-0.05, 0) is 19.8 Å². The van der Waals surface area contributed by atoms with Crippen molar-refractivity contribution in [1.82, 2.24) is 0 Å². The Bertz CT molecular complexity index is 408. The maximum Gasteiger partial charge on any atom is 0.351 e. The number of carboxylic acids is 2. The van der Waals surface area contributed by atoms with E-state index in [9.17, 15) is 9.59 Å². The fraction of sp³-hybridized carbons (Fsp3) is 0.545. The lowest BCUT2D eigenvalue weighted by Crippen LogP contribution is -2.35. The van der Waals surface area contributed by atoms with Crippen molar-refractivity contribution in [2.75, 3.05) is 0 Å². The third-order valence-corrected chi connectivity index (χ3v) is 3.07. The smallest absolute Gasteiger partial charge is 0.351 e. The topological polar surface area (TPSA) is 87.0 Å². The Morgan fingerprint density at radius 3 is 2.12 bits per heavy atom. The van der Waals surface area contributed by atoms with Gasteiger partial charge in [-0.3, -0.25) is 0 Å². The largest absolute Gasteiger partial charge is 0.478 e. The summed E-state index contributed by atoms with van der Waals surface area (Å²) in [6.45, 7) is 5.15. The molecule has 0 aliphatic carbocycles. The number of carbonyl (C=O) groups is 2. The molecule has 88 valence electrons. The lowest BCUT2D eigenvalue weighted by Gasteiger charge is -2.24. The van der Waals surface area contributed by atoms with E-state index in [4.69, 9.17) is 10.2 Å². The molecule has 0 spiro atoms. The molecule has 1 aliphatic heterocycles. The van der Waals surface area contributed by atoms with E-state index in [-0.39, 0.29) is 11.3 Å². The van der Waals surface area contributed by atoms with Gasteiger partial charge in [-0.2, -0.15) is 0 Å². The molecule has 1 rings (SSSR count). The molecule has 1 unspecified atom stereocenters. The third kappa shape index (κ3) is 1.62. The predicted molar refractivity (Wildman–Crippen MR) is 58.4 cm³/mol. The Morgan fingerprint density at radius 2 is 1.81 bits per heavy atom. The number of hydrogen-bond acceptors (Lipinski definition) is 3. The number of carboxylic acid groups (broad SMARTS) is 2. The van der Waals surface area contributed by atoms with Crippen LogP contribution in [0.2, 0.25) is 0 Å². The van der Waals surface area contributed by atoms with Crippen LogP contribution in [0, 0.1) is 5.41 Å². The third-order valence-electron chi connectivity index (χ3n) is 3.07. The highest BCUT2D eigenvalue weighted by atomic mass is 16.4. The molecule has 5 heteroatoms. The van der Waals surface area contributed by atoms with Crippen LogP contribution >= 0.6 is 0 Å². The zero-order valence-electron chi connectivity index (χ0n) is 9.57. The van der Waals surface area contributed by atoms with E-state index >= 15 is 0 Å². The second kappa shape index (κ2) is 4.08. The monoisotopic (exact) mass is 225 g/mol. The van der Waals surface area contributed by atoms with Crippen LogP contribution in [-0.4, -0.2) is 27.9 Å². The standard InChI is InChI=1S/C11H15NO4/c1-4-6-7(9(13)14)11(3,5-2)8(12-6)10(15)16/h4-5H2,1-3H3,(H,13,14)(H,15,16). The average molecular weight is 225 g/mol. The fourth-order valence-corrected chi connectivity index (χ4v) is 1.99. The van der Waals surface area contributed by atoms with Crippen LogP contribution in [-0.2, 0) is 9.59 Å². The van der Waals surface area contributed by atoms with Crippen LogP contribution in [0.5, 0.6) is 0 Å². The number of allylic oxidation sites excluding steroid dienone is 1. The van der Waals surface area contributed by atoms with Crippen LogP contribution in [0.4, 0.5) is 0 Å². The van der Waals surface area contributed by atoms with Crippen molar-refractivity contribution in [1.29, 1.82) is 0 Å². The molecule has 1 atom stereocenters. The van der Waals surface area contributed by atoms with E-state index < -0.39 is 17.4 Å². The second-order valence-electron chi connectivity index (χ2n) is 3.93. The van der Waals surface area contributed by atoms with E-state index in [0.717, 1.165) is 0 Å². The summed E-state index contributed by atoms with van der Waals surface area (Å²) in [6.07, 6.45) is 0.831. The van der Waals surface area contributed by atoms with Crippen molar-refractivity contribution in [2.24, 2.45) is 10.4 Å². The molecule has 0 fully saturated rings. The Hall–Kier alpha value is -1.65. The van der Waals surface area contributed by atoms with Crippen molar-refractivity contribution in [3.63, 3.8) is 0 Å². The maximum atomic E-state index is 11.2. The maximum absolute atomic E-state index is 11.2. The van der Waals surface area contributed by atoms with Gasteiger partial charge in [-0.15, -0.1) is 0 Å². The number of aliphatic carboxylic acids is 2. The van der Waals surface area contributed by atoms with Gasteiger partial charge < -0.3 is 10.2 Å². The fourth-order valence-electron chi connectivity index (χ4n) is 1.99. The summed E-state index contributed by atoms with van der Waals surface area (Å²) in [4.78, 5) is 26.2. The Morgan fingerprint density at radius 1 is 1.25 bits per heavy atom. The molecule has 0 aromatic heterocycles.